The third kappa shape index (κ3) is 1.33. The van der Waals surface area contributed by atoms with Crippen molar-refractivity contribution in [2.75, 3.05) is 6.54 Å². The lowest BCUT2D eigenvalue weighted by atomic mass is 9.95. The molecule has 0 radical (unpaired) electrons. The molecule has 2 N–H and O–H groups in total. The van der Waals surface area contributed by atoms with E-state index in [1.54, 1.807) is 0 Å². The lowest BCUT2D eigenvalue weighted by Gasteiger charge is -2.13. The van der Waals surface area contributed by atoms with Crippen LogP contribution in [0.2, 0.25) is 0 Å². The van der Waals surface area contributed by atoms with Gasteiger partial charge in [0.25, 0.3) is 0 Å². The highest BCUT2D eigenvalue weighted by Gasteiger charge is 2.08. The molecule has 0 bridgehead atoms. The fraction of sp³-hybridized carbons (Fsp3) is 0.231. The van der Waals surface area contributed by atoms with Gasteiger partial charge in [-0.1, -0.05) is 18.2 Å². The zero-order valence-electron chi connectivity index (χ0n) is 8.46. The summed E-state index contributed by atoms with van der Waals surface area (Å²) in [5, 5.41) is 14.7. The molecule has 3 rings (SSSR count). The van der Waals surface area contributed by atoms with E-state index < -0.39 is 0 Å². The van der Waals surface area contributed by atoms with Gasteiger partial charge in [0.15, 0.2) is 5.88 Å². The molecule has 0 unspecified atom stereocenters. The van der Waals surface area contributed by atoms with E-state index in [1.807, 2.05) is 0 Å². The van der Waals surface area contributed by atoms with Crippen LogP contribution in [-0.4, -0.2) is 11.7 Å². The predicted molar refractivity (Wildman–Crippen MR) is 61.6 cm³/mol. The number of benzene rings is 1. The van der Waals surface area contributed by atoms with E-state index in [1.165, 1.54) is 11.1 Å². The smallest absolute Gasteiger partial charge is 0.192 e. The largest absolute Gasteiger partial charge is 0.494 e. The van der Waals surface area contributed by atoms with E-state index in [4.69, 9.17) is 0 Å². The summed E-state index contributed by atoms with van der Waals surface area (Å²) in [6, 6.07) is 4.27. The summed E-state index contributed by atoms with van der Waals surface area (Å²) in [5.74, 6) is 0.310. The number of hydrogen-bond donors (Lipinski definition) is 2. The van der Waals surface area contributed by atoms with Gasteiger partial charge in [0, 0.05) is 11.8 Å². The number of aryl methyl sites for hydroxylation is 1. The van der Waals surface area contributed by atoms with Crippen LogP contribution in [0.15, 0.2) is 18.2 Å². The average Bonchev–Trinajstić information content (AvgIpc) is 2.27. The SMILES string of the molecule is OC1=c2cc3c(cc2=CCN1)C=CCC3. The standard InChI is InChI=1S/C13H13NO/c15-13-12-8-10-4-2-1-3-9(10)7-11(12)5-6-14-13/h1,3,5,7-8,14-15H,2,4,6H2. The van der Waals surface area contributed by atoms with E-state index in [0.29, 0.717) is 12.4 Å². The van der Waals surface area contributed by atoms with Gasteiger partial charge in [0.1, 0.15) is 0 Å². The van der Waals surface area contributed by atoms with E-state index in [9.17, 15) is 5.11 Å². The van der Waals surface area contributed by atoms with Gasteiger partial charge in [-0.15, -0.1) is 0 Å². The van der Waals surface area contributed by atoms with Crippen molar-refractivity contribution < 1.29 is 5.11 Å². The van der Waals surface area contributed by atoms with Crippen LogP contribution < -0.4 is 15.8 Å². The van der Waals surface area contributed by atoms with Crippen LogP contribution in [0.3, 0.4) is 0 Å². The van der Waals surface area contributed by atoms with Gasteiger partial charge in [-0.3, -0.25) is 0 Å². The van der Waals surface area contributed by atoms with E-state index in [2.05, 4.69) is 35.7 Å². The predicted octanol–water partition coefficient (Wildman–Crippen LogP) is 0.653. The van der Waals surface area contributed by atoms with Crippen LogP contribution in [0.4, 0.5) is 0 Å². The summed E-state index contributed by atoms with van der Waals surface area (Å²) >= 11 is 0. The molecule has 1 aliphatic heterocycles. The molecular weight excluding hydrogens is 186 g/mol. The first-order valence-electron chi connectivity index (χ1n) is 5.31. The topological polar surface area (TPSA) is 32.3 Å². The highest BCUT2D eigenvalue weighted by molar-refractivity contribution is 5.59. The summed E-state index contributed by atoms with van der Waals surface area (Å²) in [4.78, 5) is 0. The normalized spacial score (nSPS) is 17.5. The molecule has 0 fully saturated rings. The molecule has 2 aliphatic rings. The molecule has 0 saturated heterocycles. The van der Waals surface area contributed by atoms with Gasteiger partial charge >= 0.3 is 0 Å². The van der Waals surface area contributed by atoms with Crippen LogP contribution in [0.5, 0.6) is 0 Å². The summed E-state index contributed by atoms with van der Waals surface area (Å²) in [7, 11) is 0. The number of aliphatic hydroxyl groups is 1. The monoisotopic (exact) mass is 199 g/mol. The molecule has 0 aromatic heterocycles. The quantitative estimate of drug-likeness (QED) is 0.643. The second-order valence-corrected chi connectivity index (χ2v) is 4.01. The Bertz CT molecular complexity index is 555. The molecule has 76 valence electrons. The Balaban J connectivity index is 2.37. The van der Waals surface area contributed by atoms with Crippen LogP contribution in [0, 0.1) is 0 Å². The Hall–Kier alpha value is -1.70. The second-order valence-electron chi connectivity index (χ2n) is 4.01. The van der Waals surface area contributed by atoms with Crippen LogP contribution in [0.25, 0.3) is 18.0 Å². The summed E-state index contributed by atoms with van der Waals surface area (Å²) < 4.78 is 0. The van der Waals surface area contributed by atoms with Crippen molar-refractivity contribution in [2.24, 2.45) is 0 Å². The van der Waals surface area contributed by atoms with Gasteiger partial charge in [-0.2, -0.15) is 0 Å². The van der Waals surface area contributed by atoms with Gasteiger partial charge in [0.2, 0.25) is 0 Å². The summed E-state index contributed by atoms with van der Waals surface area (Å²) in [6.07, 6.45) is 8.67. The lowest BCUT2D eigenvalue weighted by Crippen LogP contribution is -2.38. The maximum Gasteiger partial charge on any atom is 0.192 e. The van der Waals surface area contributed by atoms with Gasteiger partial charge < -0.3 is 10.4 Å². The zero-order valence-corrected chi connectivity index (χ0v) is 8.46. The third-order valence-corrected chi connectivity index (χ3v) is 3.04. The molecule has 1 aliphatic carbocycles. The van der Waals surface area contributed by atoms with Crippen molar-refractivity contribution in [2.45, 2.75) is 12.8 Å². The van der Waals surface area contributed by atoms with Gasteiger partial charge in [-0.25, -0.2) is 0 Å². The first kappa shape index (κ1) is 8.60. The van der Waals surface area contributed by atoms with Crippen molar-refractivity contribution in [3.8, 4) is 0 Å². The lowest BCUT2D eigenvalue weighted by molar-refractivity contribution is 0.463. The number of fused-ring (bicyclic) bond motifs is 2. The van der Waals surface area contributed by atoms with Crippen molar-refractivity contribution in [1.82, 2.24) is 5.32 Å². The minimum Gasteiger partial charge on any atom is -0.494 e. The number of nitrogens with one attached hydrogen (secondary N) is 1. The fourth-order valence-electron chi connectivity index (χ4n) is 2.23. The number of hydrogen-bond acceptors (Lipinski definition) is 2. The Morgan fingerprint density at radius 2 is 2.20 bits per heavy atom. The molecule has 1 aromatic carbocycles. The van der Waals surface area contributed by atoms with Crippen LogP contribution >= 0.6 is 0 Å². The summed E-state index contributed by atoms with van der Waals surface area (Å²) in [6.45, 7) is 0.710. The highest BCUT2D eigenvalue weighted by Crippen LogP contribution is 2.15. The minimum absolute atomic E-state index is 0.310. The highest BCUT2D eigenvalue weighted by atomic mass is 16.3. The number of rotatable bonds is 0. The van der Waals surface area contributed by atoms with Crippen molar-refractivity contribution in [3.63, 3.8) is 0 Å². The van der Waals surface area contributed by atoms with Crippen molar-refractivity contribution >= 4 is 18.0 Å². The number of allylic oxidation sites excluding steroid dienone is 1. The fourth-order valence-corrected chi connectivity index (χ4v) is 2.23. The maximum atomic E-state index is 9.73. The first-order chi connectivity index (χ1) is 7.34. The third-order valence-electron chi connectivity index (χ3n) is 3.04. The Labute approximate surface area is 88.2 Å². The molecule has 0 amide bonds. The average molecular weight is 199 g/mol. The van der Waals surface area contributed by atoms with Crippen molar-refractivity contribution in [3.05, 3.63) is 39.8 Å². The molecule has 1 aromatic rings. The van der Waals surface area contributed by atoms with E-state index >= 15 is 0 Å². The molecular formula is C13H13NO. The molecule has 1 heterocycles. The Morgan fingerprint density at radius 3 is 3.13 bits per heavy atom. The van der Waals surface area contributed by atoms with Gasteiger partial charge in [-0.05, 0) is 41.3 Å². The van der Waals surface area contributed by atoms with Crippen molar-refractivity contribution in [1.29, 1.82) is 0 Å². The van der Waals surface area contributed by atoms with E-state index in [-0.39, 0.29) is 0 Å². The first-order valence-corrected chi connectivity index (χ1v) is 5.31. The minimum atomic E-state index is 0.310. The number of aliphatic hydroxyl groups excluding tert-OH is 1. The Morgan fingerprint density at radius 1 is 1.27 bits per heavy atom. The molecule has 2 nitrogen and oxygen atoms in total. The van der Waals surface area contributed by atoms with Gasteiger partial charge in [0.05, 0.1) is 0 Å². The Kier molecular flexibility index (Phi) is 1.81. The van der Waals surface area contributed by atoms with Crippen LogP contribution in [-0.2, 0) is 6.42 Å². The van der Waals surface area contributed by atoms with E-state index in [0.717, 1.165) is 23.3 Å². The molecule has 0 saturated carbocycles. The molecule has 15 heavy (non-hydrogen) atoms. The second kappa shape index (κ2) is 3.16. The molecule has 0 spiro atoms. The molecule has 2 heteroatoms. The molecule has 0 atom stereocenters. The van der Waals surface area contributed by atoms with Crippen LogP contribution in [0.1, 0.15) is 17.5 Å². The summed E-state index contributed by atoms with van der Waals surface area (Å²) in [5.41, 5.74) is 2.63. The maximum absolute atomic E-state index is 9.73. The zero-order chi connectivity index (χ0) is 10.3.